The number of amides is 1. The lowest BCUT2D eigenvalue weighted by Gasteiger charge is -2.22. The first-order chi connectivity index (χ1) is 11.1. The van der Waals surface area contributed by atoms with Crippen molar-refractivity contribution in [2.45, 2.75) is 51.6 Å². The molecule has 1 aromatic rings. The molecular weight excluding hydrogens is 310 g/mol. The Labute approximate surface area is 142 Å². The minimum absolute atomic E-state index is 0.123. The van der Waals surface area contributed by atoms with Crippen LogP contribution in [0.4, 0.5) is 10.6 Å². The summed E-state index contributed by atoms with van der Waals surface area (Å²) >= 11 is 0. The van der Waals surface area contributed by atoms with Crippen molar-refractivity contribution in [1.82, 2.24) is 4.98 Å². The van der Waals surface area contributed by atoms with Crippen LogP contribution in [0.15, 0.2) is 18.3 Å². The van der Waals surface area contributed by atoms with Crippen molar-refractivity contribution in [1.29, 1.82) is 5.26 Å². The summed E-state index contributed by atoms with van der Waals surface area (Å²) in [5, 5.41) is 12.1. The van der Waals surface area contributed by atoms with Gasteiger partial charge in [0, 0.05) is 12.6 Å². The maximum Gasteiger partial charge on any atom is 0.413 e. The van der Waals surface area contributed by atoms with Gasteiger partial charge in [-0.05, 0) is 51.8 Å². The molecule has 130 valence electrons. The van der Waals surface area contributed by atoms with Gasteiger partial charge in [-0.2, -0.15) is 5.26 Å². The summed E-state index contributed by atoms with van der Waals surface area (Å²) in [7, 11) is 1.31. The minimum atomic E-state index is -0.901. The standard InChI is InChI=1S/C17H23N3O4/c1-16(2,3)24-15(22)20-13-10-12(7-9-19-13)17(4,11-18)8-6-14(21)23-5/h7,9-10H,6,8H2,1-5H3,(H,19,20,22). The van der Waals surface area contributed by atoms with E-state index in [0.29, 0.717) is 12.0 Å². The first-order valence-corrected chi connectivity index (χ1v) is 7.54. The molecule has 0 aliphatic heterocycles. The first kappa shape index (κ1) is 19.4. The molecule has 0 aliphatic rings. The van der Waals surface area contributed by atoms with Gasteiger partial charge in [0.2, 0.25) is 0 Å². The predicted molar refractivity (Wildman–Crippen MR) is 88.3 cm³/mol. The predicted octanol–water partition coefficient (Wildman–Crippen LogP) is 3.16. The molecule has 0 radical (unpaired) electrons. The van der Waals surface area contributed by atoms with Gasteiger partial charge in [0.1, 0.15) is 11.4 Å². The highest BCUT2D eigenvalue weighted by atomic mass is 16.6. The number of carbonyl (C=O) groups is 2. The second kappa shape index (κ2) is 7.77. The summed E-state index contributed by atoms with van der Waals surface area (Å²) in [6, 6.07) is 5.50. The third kappa shape index (κ3) is 5.88. The fourth-order valence-corrected chi connectivity index (χ4v) is 1.97. The van der Waals surface area contributed by atoms with Crippen LogP contribution in [0.5, 0.6) is 0 Å². The van der Waals surface area contributed by atoms with Crippen LogP contribution in [0.3, 0.4) is 0 Å². The summed E-state index contributed by atoms with van der Waals surface area (Å²) in [4.78, 5) is 27.2. The number of ether oxygens (including phenoxy) is 2. The highest BCUT2D eigenvalue weighted by Crippen LogP contribution is 2.29. The largest absolute Gasteiger partial charge is 0.469 e. The number of rotatable bonds is 5. The van der Waals surface area contributed by atoms with Crippen LogP contribution in [-0.4, -0.2) is 29.8 Å². The Balaban J connectivity index is 2.91. The van der Waals surface area contributed by atoms with E-state index in [9.17, 15) is 14.9 Å². The van der Waals surface area contributed by atoms with Crippen LogP contribution in [0, 0.1) is 11.3 Å². The van der Waals surface area contributed by atoms with Crippen LogP contribution in [0.1, 0.15) is 46.1 Å². The number of anilines is 1. The van der Waals surface area contributed by atoms with Crippen molar-refractivity contribution in [3.05, 3.63) is 23.9 Å². The molecule has 0 bridgehead atoms. The van der Waals surface area contributed by atoms with E-state index >= 15 is 0 Å². The minimum Gasteiger partial charge on any atom is -0.469 e. The molecule has 1 unspecified atom stereocenters. The highest BCUT2D eigenvalue weighted by molar-refractivity contribution is 5.83. The van der Waals surface area contributed by atoms with Crippen LogP contribution in [-0.2, 0) is 19.7 Å². The topological polar surface area (TPSA) is 101 Å². The molecule has 0 aromatic carbocycles. The summed E-state index contributed by atoms with van der Waals surface area (Å²) < 4.78 is 9.79. The summed E-state index contributed by atoms with van der Waals surface area (Å²) in [5.41, 5.74) is -0.875. The lowest BCUT2D eigenvalue weighted by molar-refractivity contribution is -0.140. The Morgan fingerprint density at radius 1 is 1.33 bits per heavy atom. The fraction of sp³-hybridized carbons (Fsp3) is 0.529. The first-order valence-electron chi connectivity index (χ1n) is 7.54. The molecular formula is C17H23N3O4. The number of nitrogens with one attached hydrogen (secondary N) is 1. The average Bonchev–Trinajstić information content (AvgIpc) is 2.50. The van der Waals surface area contributed by atoms with Gasteiger partial charge >= 0.3 is 12.1 Å². The van der Waals surface area contributed by atoms with Gasteiger partial charge in [0.25, 0.3) is 0 Å². The molecule has 0 saturated carbocycles. The molecule has 24 heavy (non-hydrogen) atoms. The number of esters is 1. The van der Waals surface area contributed by atoms with Crippen molar-refractivity contribution < 1.29 is 19.1 Å². The van der Waals surface area contributed by atoms with Crippen molar-refractivity contribution in [3.8, 4) is 6.07 Å². The van der Waals surface area contributed by atoms with Gasteiger partial charge in [-0.1, -0.05) is 0 Å². The smallest absolute Gasteiger partial charge is 0.413 e. The van der Waals surface area contributed by atoms with Gasteiger partial charge < -0.3 is 9.47 Å². The van der Waals surface area contributed by atoms with E-state index in [1.165, 1.54) is 13.3 Å². The number of carbonyl (C=O) groups excluding carboxylic acids is 2. The van der Waals surface area contributed by atoms with Crippen LogP contribution in [0.25, 0.3) is 0 Å². The summed E-state index contributed by atoms with van der Waals surface area (Å²) in [5.74, 6) is -0.0982. The van der Waals surface area contributed by atoms with E-state index in [1.54, 1.807) is 39.8 Å². The Bertz CT molecular complexity index is 646. The monoisotopic (exact) mass is 333 g/mol. The molecule has 0 fully saturated rings. The Kier molecular flexibility index (Phi) is 6.29. The molecule has 0 aliphatic carbocycles. The Morgan fingerprint density at radius 2 is 2.00 bits per heavy atom. The van der Waals surface area contributed by atoms with E-state index < -0.39 is 17.1 Å². The fourth-order valence-electron chi connectivity index (χ4n) is 1.97. The van der Waals surface area contributed by atoms with Crippen LogP contribution >= 0.6 is 0 Å². The number of methoxy groups -OCH3 is 1. The second-order valence-corrected chi connectivity index (χ2v) is 6.58. The Morgan fingerprint density at radius 3 is 2.54 bits per heavy atom. The molecule has 1 atom stereocenters. The van der Waals surface area contributed by atoms with Gasteiger partial charge in [-0.15, -0.1) is 0 Å². The molecule has 0 saturated heterocycles. The van der Waals surface area contributed by atoms with Crippen LogP contribution < -0.4 is 5.32 Å². The number of hydrogen-bond donors (Lipinski definition) is 1. The van der Waals surface area contributed by atoms with Crippen molar-refractivity contribution in [2.24, 2.45) is 0 Å². The zero-order valence-corrected chi connectivity index (χ0v) is 14.7. The molecule has 7 nitrogen and oxygen atoms in total. The van der Waals surface area contributed by atoms with Gasteiger partial charge in [0.15, 0.2) is 0 Å². The average molecular weight is 333 g/mol. The van der Waals surface area contributed by atoms with Crippen molar-refractivity contribution >= 4 is 17.9 Å². The summed E-state index contributed by atoms with van der Waals surface area (Å²) in [6.45, 7) is 7.00. The van der Waals surface area contributed by atoms with E-state index in [2.05, 4.69) is 21.1 Å². The number of nitriles is 1. The molecule has 7 heteroatoms. The van der Waals surface area contributed by atoms with Crippen LogP contribution in [0.2, 0.25) is 0 Å². The SMILES string of the molecule is COC(=O)CCC(C)(C#N)c1ccnc(NC(=O)OC(C)(C)C)c1. The van der Waals surface area contributed by atoms with Gasteiger partial charge in [0.05, 0.1) is 18.6 Å². The second-order valence-electron chi connectivity index (χ2n) is 6.58. The highest BCUT2D eigenvalue weighted by Gasteiger charge is 2.28. The van der Waals surface area contributed by atoms with E-state index in [0.717, 1.165) is 0 Å². The maximum atomic E-state index is 11.8. The van der Waals surface area contributed by atoms with Crippen molar-refractivity contribution in [3.63, 3.8) is 0 Å². The van der Waals surface area contributed by atoms with E-state index in [1.807, 2.05) is 0 Å². The number of hydrogen-bond acceptors (Lipinski definition) is 6. The van der Waals surface area contributed by atoms with E-state index in [4.69, 9.17) is 4.74 Å². The third-order valence-corrected chi connectivity index (χ3v) is 3.33. The molecule has 1 rings (SSSR count). The van der Waals surface area contributed by atoms with E-state index in [-0.39, 0.29) is 18.2 Å². The number of aromatic nitrogens is 1. The summed E-state index contributed by atoms with van der Waals surface area (Å²) in [6.07, 6.45) is 1.29. The van der Waals surface area contributed by atoms with Gasteiger partial charge in [-0.3, -0.25) is 10.1 Å². The zero-order chi connectivity index (χ0) is 18.4. The molecule has 1 aromatic heterocycles. The zero-order valence-electron chi connectivity index (χ0n) is 14.7. The lowest BCUT2D eigenvalue weighted by atomic mass is 9.80. The number of pyridine rings is 1. The normalized spacial score (nSPS) is 13.3. The maximum absolute atomic E-state index is 11.8. The number of nitrogens with zero attached hydrogens (tertiary/aromatic N) is 2. The lowest BCUT2D eigenvalue weighted by Crippen LogP contribution is -2.28. The molecule has 1 amide bonds. The quantitative estimate of drug-likeness (QED) is 0.831. The molecule has 0 spiro atoms. The third-order valence-electron chi connectivity index (χ3n) is 3.33. The van der Waals surface area contributed by atoms with Gasteiger partial charge in [-0.25, -0.2) is 9.78 Å². The molecule has 1 heterocycles. The molecule has 1 N–H and O–H groups in total. The van der Waals surface area contributed by atoms with Crippen molar-refractivity contribution in [2.75, 3.05) is 12.4 Å². The Hall–Kier alpha value is -2.62.